The number of hydrogen-bond acceptors (Lipinski definition) is 3. The zero-order chi connectivity index (χ0) is 17.4. The van der Waals surface area contributed by atoms with Crippen molar-refractivity contribution in [3.05, 3.63) is 59.2 Å². The van der Waals surface area contributed by atoms with Gasteiger partial charge in [0.2, 0.25) is 0 Å². The van der Waals surface area contributed by atoms with Crippen LogP contribution in [0.15, 0.2) is 36.7 Å². The summed E-state index contributed by atoms with van der Waals surface area (Å²) in [5.41, 5.74) is 4.15. The lowest BCUT2D eigenvalue weighted by atomic mass is 10.0. The van der Waals surface area contributed by atoms with Crippen LogP contribution < -0.4 is 0 Å². The van der Waals surface area contributed by atoms with E-state index in [1.807, 2.05) is 18.3 Å². The van der Waals surface area contributed by atoms with Crippen LogP contribution in [0.1, 0.15) is 81.8 Å². The lowest BCUT2D eigenvalue weighted by Gasteiger charge is -2.07. The highest BCUT2D eigenvalue weighted by Gasteiger charge is 2.02. The number of nitriles is 1. The average Bonchev–Trinajstić information content (AvgIpc) is 2.55. The monoisotopic (exact) mass is 309 g/mol. The van der Waals surface area contributed by atoms with Gasteiger partial charge in [0.15, 0.2) is 0 Å². The maximum atomic E-state index is 8.48. The number of aromatic nitrogens is 2. The van der Waals surface area contributed by atoms with Crippen LogP contribution in [0.25, 0.3) is 0 Å². The quantitative estimate of drug-likeness (QED) is 0.762. The van der Waals surface area contributed by atoms with Gasteiger partial charge in [-0.3, -0.25) is 9.97 Å². The first-order chi connectivity index (χ1) is 10.8. The van der Waals surface area contributed by atoms with Crippen LogP contribution in [0.4, 0.5) is 0 Å². The molecule has 0 aromatic carbocycles. The fourth-order valence-electron chi connectivity index (χ4n) is 1.91. The van der Waals surface area contributed by atoms with Crippen molar-refractivity contribution in [3.63, 3.8) is 0 Å². The van der Waals surface area contributed by atoms with Crippen LogP contribution >= 0.6 is 0 Å². The largest absolute Gasteiger partial charge is 0.261 e. The highest BCUT2D eigenvalue weighted by Crippen LogP contribution is 2.16. The first-order valence-electron chi connectivity index (χ1n) is 8.17. The van der Waals surface area contributed by atoms with E-state index >= 15 is 0 Å². The van der Waals surface area contributed by atoms with E-state index in [9.17, 15) is 0 Å². The van der Waals surface area contributed by atoms with Crippen LogP contribution in [-0.4, -0.2) is 9.97 Å². The van der Waals surface area contributed by atoms with E-state index in [1.165, 1.54) is 11.3 Å². The third-order valence-electron chi connectivity index (χ3n) is 3.57. The topological polar surface area (TPSA) is 49.6 Å². The van der Waals surface area contributed by atoms with Crippen LogP contribution in [0, 0.1) is 11.3 Å². The van der Waals surface area contributed by atoms with Crippen molar-refractivity contribution in [3.8, 4) is 6.07 Å². The molecule has 0 bridgehead atoms. The molecule has 0 aliphatic heterocycles. The normalized spacial score (nSPS) is 10.4. The minimum Gasteiger partial charge on any atom is -0.261 e. The Morgan fingerprint density at radius 2 is 1.26 bits per heavy atom. The maximum Gasteiger partial charge on any atom is 0.101 e. The first kappa shape index (κ1) is 18.8. The molecular formula is C20H27N3. The van der Waals surface area contributed by atoms with Crippen molar-refractivity contribution in [1.82, 2.24) is 9.97 Å². The molecule has 0 unspecified atom stereocenters. The Morgan fingerprint density at radius 3 is 1.57 bits per heavy atom. The minimum absolute atomic E-state index is 0.433. The predicted molar refractivity (Wildman–Crippen MR) is 95.5 cm³/mol. The SMILES string of the molecule is CC(C)c1ccc(C#N)cn1.CC(C)c1ccc(C(C)C)nc1. The van der Waals surface area contributed by atoms with Crippen molar-refractivity contribution in [2.24, 2.45) is 0 Å². The van der Waals surface area contributed by atoms with Gasteiger partial charge in [-0.25, -0.2) is 0 Å². The van der Waals surface area contributed by atoms with E-state index in [4.69, 9.17) is 5.26 Å². The van der Waals surface area contributed by atoms with Gasteiger partial charge in [0.1, 0.15) is 6.07 Å². The van der Waals surface area contributed by atoms with Gasteiger partial charge >= 0.3 is 0 Å². The summed E-state index contributed by atoms with van der Waals surface area (Å²) in [6.45, 7) is 12.9. The number of pyridine rings is 2. The summed E-state index contributed by atoms with van der Waals surface area (Å²) in [7, 11) is 0. The van der Waals surface area contributed by atoms with Crippen molar-refractivity contribution >= 4 is 0 Å². The third kappa shape index (κ3) is 6.20. The Kier molecular flexibility index (Phi) is 7.41. The zero-order valence-electron chi connectivity index (χ0n) is 15.0. The summed E-state index contributed by atoms with van der Waals surface area (Å²) >= 11 is 0. The second kappa shape index (κ2) is 9.05. The summed E-state index contributed by atoms with van der Waals surface area (Å²) in [4.78, 5) is 8.53. The van der Waals surface area contributed by atoms with Gasteiger partial charge in [-0.05, 0) is 41.5 Å². The Bertz CT molecular complexity index is 590. The average molecular weight is 309 g/mol. The molecule has 3 heteroatoms. The summed E-state index contributed by atoms with van der Waals surface area (Å²) in [6, 6.07) is 10.0. The van der Waals surface area contributed by atoms with E-state index < -0.39 is 0 Å². The summed E-state index contributed by atoms with van der Waals surface area (Å²) < 4.78 is 0. The molecule has 0 amide bonds. The summed E-state index contributed by atoms with van der Waals surface area (Å²) in [6.07, 6.45) is 3.59. The summed E-state index contributed by atoms with van der Waals surface area (Å²) in [5.74, 6) is 1.55. The second-order valence-electron chi connectivity index (χ2n) is 6.56. The fraction of sp³-hybridized carbons (Fsp3) is 0.450. The van der Waals surface area contributed by atoms with Crippen molar-refractivity contribution in [1.29, 1.82) is 5.26 Å². The third-order valence-corrected chi connectivity index (χ3v) is 3.57. The van der Waals surface area contributed by atoms with Gasteiger partial charge < -0.3 is 0 Å². The van der Waals surface area contributed by atoms with Gasteiger partial charge in [0.05, 0.1) is 5.56 Å². The molecule has 0 saturated heterocycles. The molecule has 0 atom stereocenters. The molecule has 0 N–H and O–H groups in total. The molecule has 2 aromatic rings. The Balaban J connectivity index is 0.000000231. The number of rotatable bonds is 3. The smallest absolute Gasteiger partial charge is 0.101 e. The lowest BCUT2D eigenvalue weighted by Crippen LogP contribution is -1.94. The Morgan fingerprint density at radius 1 is 0.739 bits per heavy atom. The maximum absolute atomic E-state index is 8.48. The molecule has 23 heavy (non-hydrogen) atoms. The standard InChI is InChI=1S/C11H17N.C9H10N2/c1-8(2)10-5-6-11(9(3)4)12-7-10;1-7(2)9-4-3-8(5-10)6-11-9/h5-9H,1-4H3;3-4,6-7H,1-2H3. The van der Waals surface area contributed by atoms with Crippen molar-refractivity contribution < 1.29 is 0 Å². The van der Waals surface area contributed by atoms with Gasteiger partial charge in [-0.15, -0.1) is 0 Å². The first-order valence-corrected chi connectivity index (χ1v) is 8.17. The van der Waals surface area contributed by atoms with E-state index in [1.54, 1.807) is 12.3 Å². The van der Waals surface area contributed by atoms with Gasteiger partial charge in [0.25, 0.3) is 0 Å². The second-order valence-corrected chi connectivity index (χ2v) is 6.56. The molecule has 0 spiro atoms. The van der Waals surface area contributed by atoms with Crippen LogP contribution in [0.3, 0.4) is 0 Å². The molecule has 0 saturated carbocycles. The van der Waals surface area contributed by atoms with Gasteiger partial charge in [-0.2, -0.15) is 5.26 Å². The molecule has 2 rings (SSSR count). The molecule has 122 valence electrons. The summed E-state index contributed by atoms with van der Waals surface area (Å²) in [5, 5.41) is 8.48. The van der Waals surface area contributed by atoms with Crippen LogP contribution in [-0.2, 0) is 0 Å². The van der Waals surface area contributed by atoms with Crippen LogP contribution in [0.2, 0.25) is 0 Å². The fourth-order valence-corrected chi connectivity index (χ4v) is 1.91. The van der Waals surface area contributed by atoms with E-state index in [2.05, 4.69) is 63.6 Å². The molecule has 0 fully saturated rings. The molecule has 2 heterocycles. The Hall–Kier alpha value is -2.21. The molecule has 0 aliphatic rings. The highest BCUT2D eigenvalue weighted by atomic mass is 14.7. The van der Waals surface area contributed by atoms with Gasteiger partial charge in [0, 0.05) is 23.8 Å². The molecule has 2 aromatic heterocycles. The molecule has 0 aliphatic carbocycles. The van der Waals surface area contributed by atoms with E-state index in [0.29, 0.717) is 23.3 Å². The van der Waals surface area contributed by atoms with Gasteiger partial charge in [-0.1, -0.05) is 47.6 Å². The highest BCUT2D eigenvalue weighted by molar-refractivity contribution is 5.27. The Labute approximate surface area is 140 Å². The minimum atomic E-state index is 0.433. The number of nitrogens with zero attached hydrogens (tertiary/aromatic N) is 3. The van der Waals surface area contributed by atoms with E-state index in [0.717, 1.165) is 5.69 Å². The zero-order valence-corrected chi connectivity index (χ0v) is 15.0. The van der Waals surface area contributed by atoms with Crippen molar-refractivity contribution in [2.75, 3.05) is 0 Å². The van der Waals surface area contributed by atoms with Crippen molar-refractivity contribution in [2.45, 2.75) is 59.3 Å². The van der Waals surface area contributed by atoms with E-state index in [-0.39, 0.29) is 0 Å². The molecule has 3 nitrogen and oxygen atoms in total. The molecule has 0 radical (unpaired) electrons. The van der Waals surface area contributed by atoms with Crippen LogP contribution in [0.5, 0.6) is 0 Å². The molecular weight excluding hydrogens is 282 g/mol. The number of hydrogen-bond donors (Lipinski definition) is 0. The predicted octanol–water partition coefficient (Wildman–Crippen LogP) is 5.41. The lowest BCUT2D eigenvalue weighted by molar-refractivity contribution is 0.802.